The fraction of sp³-hybridized carbons (Fsp3) is 0.132. The number of alkyl halides is 6. The van der Waals surface area contributed by atoms with E-state index >= 15 is 0 Å². The molecule has 14 heteroatoms. The summed E-state index contributed by atoms with van der Waals surface area (Å²) in [6.45, 7) is 1.61. The second kappa shape index (κ2) is 12.3. The molecule has 0 fully saturated rings. The Labute approximate surface area is 293 Å². The molecule has 1 atom stereocenters. The van der Waals surface area contributed by atoms with Gasteiger partial charge in [-0.15, -0.1) is 37.7 Å². The first kappa shape index (κ1) is 34.3. The first-order chi connectivity index (χ1) is 24.6. The summed E-state index contributed by atoms with van der Waals surface area (Å²) in [6.07, 6.45) is -6.48. The van der Waals surface area contributed by atoms with E-state index in [2.05, 4.69) is 15.5 Å². The fourth-order valence-corrected chi connectivity index (χ4v) is 8.31. The van der Waals surface area contributed by atoms with E-state index in [-0.39, 0.29) is 17.6 Å². The van der Waals surface area contributed by atoms with Crippen molar-refractivity contribution >= 4 is 28.1 Å². The van der Waals surface area contributed by atoms with E-state index < -0.39 is 41.8 Å². The number of nitriles is 3. The number of nitrogens with zero attached hydrogens (tertiary/aromatic N) is 3. The van der Waals surface area contributed by atoms with Gasteiger partial charge in [0.05, 0.1) is 6.07 Å². The summed E-state index contributed by atoms with van der Waals surface area (Å²) in [4.78, 5) is 1.27. The quantitative estimate of drug-likeness (QED) is 0.136. The molecule has 5 nitrogen and oxygen atoms in total. The maximum Gasteiger partial charge on any atom is 0.573 e. The Balaban J connectivity index is 1.34. The average molecular weight is 732 g/mol. The van der Waals surface area contributed by atoms with Crippen LogP contribution in [-0.4, -0.2) is 12.7 Å². The molecule has 4 aromatic rings. The van der Waals surface area contributed by atoms with E-state index in [4.69, 9.17) is 0 Å². The molecule has 0 bridgehead atoms. The zero-order valence-corrected chi connectivity index (χ0v) is 27.0. The average Bonchev–Trinajstić information content (AvgIpc) is 3.71. The highest BCUT2D eigenvalue weighted by Gasteiger charge is 2.41. The van der Waals surface area contributed by atoms with Gasteiger partial charge in [0, 0.05) is 43.5 Å². The van der Waals surface area contributed by atoms with E-state index in [9.17, 15) is 50.9 Å². The van der Waals surface area contributed by atoms with Crippen molar-refractivity contribution in [3.8, 4) is 52.0 Å². The number of hydrogen-bond donors (Lipinski definition) is 0. The van der Waals surface area contributed by atoms with Crippen LogP contribution in [0.2, 0.25) is 0 Å². The molecular weight excluding hydrogens is 714 g/mol. The summed E-state index contributed by atoms with van der Waals surface area (Å²) in [5.74, 6) is -4.95. The Kier molecular flexibility index (Phi) is 8.08. The van der Waals surface area contributed by atoms with Gasteiger partial charge in [0.15, 0.2) is 23.1 Å². The lowest BCUT2D eigenvalue weighted by Crippen LogP contribution is -2.18. The molecule has 3 aromatic carbocycles. The second-order valence-electron chi connectivity index (χ2n) is 11.8. The van der Waals surface area contributed by atoms with Crippen LogP contribution in [0.1, 0.15) is 45.7 Å². The van der Waals surface area contributed by atoms with Gasteiger partial charge in [-0.3, -0.25) is 0 Å². The summed E-state index contributed by atoms with van der Waals surface area (Å²) >= 11 is 1.26. The summed E-state index contributed by atoms with van der Waals surface area (Å²) in [6, 6.07) is 17.4. The van der Waals surface area contributed by atoms with Gasteiger partial charge in [0.25, 0.3) is 0 Å². The van der Waals surface area contributed by atoms with Gasteiger partial charge in [0.1, 0.15) is 17.7 Å². The maximum atomic E-state index is 14.7. The lowest BCUT2D eigenvalue weighted by Gasteiger charge is -2.21. The third-order valence-corrected chi connectivity index (χ3v) is 10.1. The molecular formula is C38H17F8N3O2S. The summed E-state index contributed by atoms with van der Waals surface area (Å²) < 4.78 is 113. The molecule has 0 radical (unpaired) electrons. The topological polar surface area (TPSA) is 89.8 Å². The van der Waals surface area contributed by atoms with E-state index in [1.807, 2.05) is 12.1 Å². The molecule has 0 saturated heterocycles. The molecule has 52 heavy (non-hydrogen) atoms. The number of rotatable bonds is 4. The normalized spacial score (nSPS) is 16.7. The van der Waals surface area contributed by atoms with Gasteiger partial charge < -0.3 is 9.47 Å². The van der Waals surface area contributed by atoms with Gasteiger partial charge in [-0.2, -0.15) is 15.8 Å². The van der Waals surface area contributed by atoms with Crippen molar-refractivity contribution in [1.29, 1.82) is 15.8 Å². The number of benzene rings is 3. The van der Waals surface area contributed by atoms with Crippen LogP contribution in [-0.2, 0) is 0 Å². The minimum Gasteiger partial charge on any atom is -0.403 e. The molecule has 258 valence electrons. The Morgan fingerprint density at radius 1 is 0.731 bits per heavy atom. The molecule has 0 N–H and O–H groups in total. The lowest BCUT2D eigenvalue weighted by molar-refractivity contribution is -0.276. The van der Waals surface area contributed by atoms with Gasteiger partial charge in [-0.05, 0) is 82.6 Å². The Bertz CT molecular complexity index is 2480. The molecule has 1 aromatic heterocycles. The predicted octanol–water partition coefficient (Wildman–Crippen LogP) is 11.1. The third kappa shape index (κ3) is 5.79. The molecule has 3 aliphatic rings. The first-order valence-corrected chi connectivity index (χ1v) is 15.9. The highest BCUT2D eigenvalue weighted by atomic mass is 32.1. The van der Waals surface area contributed by atoms with Gasteiger partial charge in [-0.1, -0.05) is 36.4 Å². The SMILES string of the molecule is C/C(C#N)=C1/c2cc(-c3ccc(OC(F)(F)F)c(F)c3)ccc2-c2c1sc1c2C2=C(CC(c3ccc(OC(F)(F)F)c(F)c3)C=C2)C1=C(C#N)C#N. The van der Waals surface area contributed by atoms with Crippen LogP contribution in [0.15, 0.2) is 83.5 Å². The highest BCUT2D eigenvalue weighted by molar-refractivity contribution is 7.15. The van der Waals surface area contributed by atoms with E-state index in [1.165, 1.54) is 23.5 Å². The van der Waals surface area contributed by atoms with Crippen LogP contribution in [0, 0.1) is 45.6 Å². The number of thiophene rings is 1. The van der Waals surface area contributed by atoms with Crippen molar-refractivity contribution < 1.29 is 44.6 Å². The standard InChI is InChI=1S/C38H17F8N3O2S/c1-17(14-47)31-25-10-18(20-4-8-29(27(39)12-20)50-37(41,42)43)2-6-23(25)33-34-24-7-3-19(21-5-9-30(28(40)13-21)51-38(44,45)46)11-26(24)32(22(15-48)16-49)36(34)52-35(31)33/h2-10,12-13,19H,11H2,1H3/b31-17+. The lowest BCUT2D eigenvalue weighted by atomic mass is 9.83. The van der Waals surface area contributed by atoms with Crippen molar-refractivity contribution in [2.24, 2.45) is 0 Å². The van der Waals surface area contributed by atoms with Crippen molar-refractivity contribution in [3.05, 3.63) is 122 Å². The first-order valence-electron chi connectivity index (χ1n) is 15.1. The van der Waals surface area contributed by atoms with Crippen LogP contribution < -0.4 is 9.47 Å². The number of allylic oxidation sites excluding steroid dienone is 7. The molecule has 0 aliphatic heterocycles. The van der Waals surface area contributed by atoms with Gasteiger partial charge in [0.2, 0.25) is 0 Å². The van der Waals surface area contributed by atoms with Crippen LogP contribution >= 0.6 is 11.3 Å². The van der Waals surface area contributed by atoms with E-state index in [0.717, 1.165) is 24.3 Å². The Morgan fingerprint density at radius 3 is 1.92 bits per heavy atom. The van der Waals surface area contributed by atoms with Crippen LogP contribution in [0.25, 0.3) is 39.0 Å². The van der Waals surface area contributed by atoms with E-state index in [1.54, 1.807) is 37.3 Å². The van der Waals surface area contributed by atoms with Crippen LogP contribution in [0.4, 0.5) is 35.1 Å². The summed E-state index contributed by atoms with van der Waals surface area (Å²) in [5.41, 5.74) is 6.08. The monoisotopic (exact) mass is 731 g/mol. The molecule has 1 unspecified atom stereocenters. The smallest absolute Gasteiger partial charge is 0.403 e. The molecule has 3 aliphatic carbocycles. The minimum atomic E-state index is -5.08. The molecule has 0 spiro atoms. The third-order valence-electron chi connectivity index (χ3n) is 8.85. The van der Waals surface area contributed by atoms with Gasteiger partial charge >= 0.3 is 12.7 Å². The highest BCUT2D eigenvalue weighted by Crippen LogP contribution is 2.61. The van der Waals surface area contributed by atoms with Crippen LogP contribution in [0.5, 0.6) is 11.5 Å². The van der Waals surface area contributed by atoms with Crippen molar-refractivity contribution in [2.75, 3.05) is 0 Å². The molecule has 0 amide bonds. The van der Waals surface area contributed by atoms with Crippen molar-refractivity contribution in [3.63, 3.8) is 0 Å². The van der Waals surface area contributed by atoms with Crippen LogP contribution in [0.3, 0.4) is 0 Å². The predicted molar refractivity (Wildman–Crippen MR) is 174 cm³/mol. The van der Waals surface area contributed by atoms with Crippen molar-refractivity contribution in [2.45, 2.75) is 32.0 Å². The summed E-state index contributed by atoms with van der Waals surface area (Å²) in [5, 5.41) is 30.0. The summed E-state index contributed by atoms with van der Waals surface area (Å²) in [7, 11) is 0. The fourth-order valence-electron chi connectivity index (χ4n) is 6.79. The largest absolute Gasteiger partial charge is 0.573 e. The number of ether oxygens (including phenoxy) is 2. The molecule has 0 saturated carbocycles. The number of hydrogen-bond acceptors (Lipinski definition) is 6. The number of halogens is 8. The second-order valence-corrected chi connectivity index (χ2v) is 12.9. The zero-order valence-electron chi connectivity index (χ0n) is 26.2. The Morgan fingerprint density at radius 2 is 1.33 bits per heavy atom. The maximum absolute atomic E-state index is 14.7. The minimum absolute atomic E-state index is 0.175. The molecule has 1 heterocycles. The Hall–Kier alpha value is -6.17. The molecule has 7 rings (SSSR count). The zero-order chi connectivity index (χ0) is 37.3. The van der Waals surface area contributed by atoms with E-state index in [0.29, 0.717) is 71.0 Å². The van der Waals surface area contributed by atoms with Crippen molar-refractivity contribution in [1.82, 2.24) is 0 Å². The number of fused-ring (bicyclic) bond motifs is 6. The van der Waals surface area contributed by atoms with Gasteiger partial charge in [-0.25, -0.2) is 8.78 Å².